The summed E-state index contributed by atoms with van der Waals surface area (Å²) in [7, 11) is -4.90. The monoisotopic (exact) mass is 582 g/mol. The maximum atomic E-state index is 12.8. The largest absolute Gasteiger partial charge is 0.476 e. The van der Waals surface area contributed by atoms with Crippen molar-refractivity contribution in [1.82, 2.24) is 0 Å². The fourth-order valence-corrected chi connectivity index (χ4v) is 3.85. The van der Waals surface area contributed by atoms with Gasteiger partial charge in [-0.2, -0.15) is 8.42 Å². The molecule has 0 aliphatic carbocycles. The third kappa shape index (κ3) is 7.61. The molecule has 0 aromatic heterocycles. The normalized spacial score (nSPS) is 12.0. The fourth-order valence-electron chi connectivity index (χ4n) is 2.97. The second kappa shape index (κ2) is 11.2. The number of carbonyl (C=O) groups is 2. The van der Waals surface area contributed by atoms with Gasteiger partial charge in [-0.15, -0.1) is 0 Å². The number of hydrogen-bond donors (Lipinski definition) is 1. The minimum atomic E-state index is -4.90. The SMILES string of the molecule is CC(C)(Oc1ccc(Cl)cc1)C(=O)Oc1ccc(OC(=O)C(C)(C)Oc2ccc(Cl)cc2)c(S(=O)(=O)O)c1. The molecule has 0 saturated heterocycles. The first-order valence-corrected chi connectivity index (χ1v) is 13.2. The number of benzene rings is 3. The van der Waals surface area contributed by atoms with Gasteiger partial charge in [-0.3, -0.25) is 4.55 Å². The van der Waals surface area contributed by atoms with Crippen molar-refractivity contribution in [2.75, 3.05) is 0 Å². The minimum Gasteiger partial charge on any atom is -0.476 e. The van der Waals surface area contributed by atoms with Crippen LogP contribution in [0, 0.1) is 0 Å². The van der Waals surface area contributed by atoms with Crippen molar-refractivity contribution in [3.8, 4) is 23.0 Å². The Morgan fingerprint density at radius 3 is 1.50 bits per heavy atom. The summed E-state index contributed by atoms with van der Waals surface area (Å²) in [5, 5.41) is 0.951. The van der Waals surface area contributed by atoms with Crippen molar-refractivity contribution < 1.29 is 41.5 Å². The number of ether oxygens (including phenoxy) is 4. The van der Waals surface area contributed by atoms with Gasteiger partial charge in [-0.25, -0.2) is 9.59 Å². The smallest absolute Gasteiger partial charge is 0.355 e. The lowest BCUT2D eigenvalue weighted by atomic mass is 10.1. The molecule has 0 aliphatic heterocycles. The molecule has 0 aliphatic rings. The van der Waals surface area contributed by atoms with Crippen molar-refractivity contribution >= 4 is 45.3 Å². The topological polar surface area (TPSA) is 125 Å². The summed E-state index contributed by atoms with van der Waals surface area (Å²) in [6.07, 6.45) is 0. The van der Waals surface area contributed by atoms with Gasteiger partial charge in [0.25, 0.3) is 10.1 Å². The van der Waals surface area contributed by atoms with Gasteiger partial charge in [-0.05, 0) is 88.4 Å². The molecule has 0 fully saturated rings. The molecule has 0 amide bonds. The Morgan fingerprint density at radius 2 is 1.08 bits per heavy atom. The molecule has 12 heteroatoms. The Kier molecular flexibility index (Phi) is 8.62. The number of carbonyl (C=O) groups excluding carboxylic acids is 2. The summed E-state index contributed by atoms with van der Waals surface area (Å²) in [5.74, 6) is -1.90. The highest BCUT2D eigenvalue weighted by molar-refractivity contribution is 7.86. The van der Waals surface area contributed by atoms with Gasteiger partial charge in [0.15, 0.2) is 5.75 Å². The molecule has 0 bridgehead atoms. The second-order valence-corrected chi connectivity index (χ2v) is 11.3. The molecule has 9 nitrogen and oxygen atoms in total. The third-order valence-corrected chi connectivity index (χ3v) is 6.34. The molecule has 3 rings (SSSR count). The van der Waals surface area contributed by atoms with Crippen LogP contribution in [0.5, 0.6) is 23.0 Å². The zero-order valence-electron chi connectivity index (χ0n) is 20.7. The Balaban J connectivity index is 1.79. The highest BCUT2D eigenvalue weighted by Crippen LogP contribution is 2.31. The van der Waals surface area contributed by atoms with E-state index in [1.165, 1.54) is 33.8 Å². The summed E-state index contributed by atoms with van der Waals surface area (Å²) < 4.78 is 55.7. The van der Waals surface area contributed by atoms with Gasteiger partial charge in [-0.1, -0.05) is 23.2 Å². The number of esters is 2. The molecule has 1 N–H and O–H groups in total. The molecular weight excluding hydrogens is 559 g/mol. The molecule has 0 spiro atoms. The van der Waals surface area contributed by atoms with E-state index in [0.29, 0.717) is 21.5 Å². The Bertz CT molecular complexity index is 1430. The molecule has 0 unspecified atom stereocenters. The van der Waals surface area contributed by atoms with Crippen LogP contribution in [-0.4, -0.2) is 36.1 Å². The van der Waals surface area contributed by atoms with Gasteiger partial charge >= 0.3 is 11.9 Å². The van der Waals surface area contributed by atoms with Gasteiger partial charge in [0.05, 0.1) is 0 Å². The quantitative estimate of drug-likeness (QED) is 0.190. The van der Waals surface area contributed by atoms with Crippen LogP contribution in [0.25, 0.3) is 0 Å². The molecular formula is C26H24Cl2O9S. The van der Waals surface area contributed by atoms with E-state index in [1.807, 2.05) is 0 Å². The van der Waals surface area contributed by atoms with Crippen LogP contribution in [0.4, 0.5) is 0 Å². The highest BCUT2D eigenvalue weighted by atomic mass is 35.5. The molecule has 0 heterocycles. The first kappa shape index (κ1) is 29.2. The van der Waals surface area contributed by atoms with Crippen molar-refractivity contribution in [1.29, 1.82) is 0 Å². The summed E-state index contributed by atoms with van der Waals surface area (Å²) in [4.78, 5) is 24.8. The van der Waals surface area contributed by atoms with Crippen LogP contribution in [0.3, 0.4) is 0 Å². The zero-order chi connectivity index (χ0) is 28.3. The maximum absolute atomic E-state index is 12.8. The van der Waals surface area contributed by atoms with E-state index in [-0.39, 0.29) is 5.75 Å². The van der Waals surface area contributed by atoms with Crippen molar-refractivity contribution in [3.05, 3.63) is 76.8 Å². The summed E-state index contributed by atoms with van der Waals surface area (Å²) in [6, 6.07) is 15.6. The number of halogens is 2. The van der Waals surface area contributed by atoms with Crippen LogP contribution >= 0.6 is 23.2 Å². The van der Waals surface area contributed by atoms with Gasteiger partial charge in [0.2, 0.25) is 11.2 Å². The Morgan fingerprint density at radius 1 is 0.684 bits per heavy atom. The van der Waals surface area contributed by atoms with E-state index < -0.39 is 43.9 Å². The molecule has 3 aromatic carbocycles. The lowest BCUT2D eigenvalue weighted by Crippen LogP contribution is -2.41. The lowest BCUT2D eigenvalue weighted by molar-refractivity contribution is -0.150. The van der Waals surface area contributed by atoms with E-state index in [0.717, 1.165) is 12.1 Å². The average Bonchev–Trinajstić information content (AvgIpc) is 2.82. The van der Waals surface area contributed by atoms with Crippen molar-refractivity contribution in [2.24, 2.45) is 0 Å². The zero-order valence-corrected chi connectivity index (χ0v) is 23.1. The lowest BCUT2D eigenvalue weighted by Gasteiger charge is -2.25. The molecule has 0 saturated carbocycles. The molecule has 0 atom stereocenters. The highest BCUT2D eigenvalue weighted by Gasteiger charge is 2.35. The number of rotatable bonds is 9. The molecule has 202 valence electrons. The molecule has 0 radical (unpaired) electrons. The summed E-state index contributed by atoms with van der Waals surface area (Å²) in [6.45, 7) is 5.73. The predicted molar refractivity (Wildman–Crippen MR) is 140 cm³/mol. The Hall–Kier alpha value is -3.31. The second-order valence-electron chi connectivity index (χ2n) is 9.00. The van der Waals surface area contributed by atoms with E-state index in [2.05, 4.69) is 0 Å². The van der Waals surface area contributed by atoms with E-state index in [9.17, 15) is 22.6 Å². The first-order chi connectivity index (χ1) is 17.6. The van der Waals surface area contributed by atoms with Crippen LogP contribution < -0.4 is 18.9 Å². The van der Waals surface area contributed by atoms with Crippen molar-refractivity contribution in [3.63, 3.8) is 0 Å². The van der Waals surface area contributed by atoms with E-state index in [4.69, 9.17) is 42.1 Å². The van der Waals surface area contributed by atoms with Crippen LogP contribution in [0.15, 0.2) is 71.6 Å². The average molecular weight is 583 g/mol. The van der Waals surface area contributed by atoms with Gasteiger partial charge in [0, 0.05) is 16.1 Å². The standard InChI is InChI=1S/C26H24Cl2O9S/c1-25(2,36-18-9-5-16(27)6-10-18)23(29)34-20-13-14-21(22(15-20)38(31,32)33)35-24(30)26(3,4)37-19-11-7-17(28)8-12-19/h5-15H,1-4H3,(H,31,32,33). The fraction of sp³-hybridized carbons (Fsp3) is 0.231. The third-order valence-electron chi connectivity index (χ3n) is 4.96. The van der Waals surface area contributed by atoms with Crippen molar-refractivity contribution in [2.45, 2.75) is 43.8 Å². The van der Waals surface area contributed by atoms with Gasteiger partial charge < -0.3 is 18.9 Å². The molecule has 38 heavy (non-hydrogen) atoms. The van der Waals surface area contributed by atoms with Crippen LogP contribution in [0.2, 0.25) is 10.0 Å². The summed E-state index contributed by atoms with van der Waals surface area (Å²) >= 11 is 11.7. The maximum Gasteiger partial charge on any atom is 0.355 e. The minimum absolute atomic E-state index is 0.244. The first-order valence-electron chi connectivity index (χ1n) is 11.0. The molecule has 3 aromatic rings. The van der Waals surface area contributed by atoms with E-state index >= 15 is 0 Å². The van der Waals surface area contributed by atoms with Crippen LogP contribution in [-0.2, 0) is 19.7 Å². The Labute approximate surface area is 229 Å². The predicted octanol–water partition coefficient (Wildman–Crippen LogP) is 5.77. The summed E-state index contributed by atoms with van der Waals surface area (Å²) in [5.41, 5.74) is -3.04. The van der Waals surface area contributed by atoms with Gasteiger partial charge in [0.1, 0.15) is 22.1 Å². The van der Waals surface area contributed by atoms with Crippen LogP contribution in [0.1, 0.15) is 27.7 Å². The van der Waals surface area contributed by atoms with E-state index in [1.54, 1.807) is 48.5 Å². The number of hydrogen-bond acceptors (Lipinski definition) is 8.